The van der Waals surface area contributed by atoms with Crippen LogP contribution in [0.25, 0.3) is 5.69 Å². The quantitative estimate of drug-likeness (QED) is 0.809. The van der Waals surface area contributed by atoms with Crippen LogP contribution >= 0.6 is 15.9 Å². The number of nitrogens with zero attached hydrogens (tertiary/aromatic N) is 2. The first-order valence-corrected chi connectivity index (χ1v) is 8.12. The van der Waals surface area contributed by atoms with Crippen LogP contribution in [0.3, 0.4) is 0 Å². The van der Waals surface area contributed by atoms with Gasteiger partial charge in [-0.1, -0.05) is 22.9 Å². The third kappa shape index (κ3) is 2.96. The largest absolute Gasteiger partial charge is 0.313 e. The number of aromatic nitrogens is 2. The highest BCUT2D eigenvalue weighted by molar-refractivity contribution is 9.10. The lowest BCUT2D eigenvalue weighted by Gasteiger charge is -2.09. The molecule has 0 aliphatic heterocycles. The van der Waals surface area contributed by atoms with Gasteiger partial charge < -0.3 is 5.32 Å². The standard InChI is InChI=1S/C16H20BrN3/c1-2-9-18-10-13-11-19-20(16(13)12-3-4-12)15-7-5-14(17)6-8-15/h5-8,11-12,18H,2-4,9-10H2,1H3. The molecule has 0 atom stereocenters. The van der Waals surface area contributed by atoms with Crippen molar-refractivity contribution in [2.45, 2.75) is 38.6 Å². The van der Waals surface area contributed by atoms with E-state index in [4.69, 9.17) is 0 Å². The normalized spacial score (nSPS) is 14.7. The van der Waals surface area contributed by atoms with E-state index < -0.39 is 0 Å². The van der Waals surface area contributed by atoms with E-state index >= 15 is 0 Å². The zero-order valence-corrected chi connectivity index (χ0v) is 13.4. The van der Waals surface area contributed by atoms with Crippen molar-refractivity contribution in [3.63, 3.8) is 0 Å². The van der Waals surface area contributed by atoms with Crippen molar-refractivity contribution in [3.05, 3.63) is 46.2 Å². The van der Waals surface area contributed by atoms with Crippen LogP contribution in [-0.4, -0.2) is 16.3 Å². The van der Waals surface area contributed by atoms with Crippen molar-refractivity contribution in [3.8, 4) is 5.69 Å². The fourth-order valence-corrected chi connectivity index (χ4v) is 2.77. The summed E-state index contributed by atoms with van der Waals surface area (Å²) < 4.78 is 3.22. The van der Waals surface area contributed by atoms with Crippen molar-refractivity contribution in [2.24, 2.45) is 0 Å². The average Bonchev–Trinajstić information content (AvgIpc) is 3.21. The van der Waals surface area contributed by atoms with Gasteiger partial charge in [0.25, 0.3) is 0 Å². The Morgan fingerprint density at radius 1 is 1.30 bits per heavy atom. The third-order valence-electron chi connectivity index (χ3n) is 3.66. The van der Waals surface area contributed by atoms with Crippen molar-refractivity contribution >= 4 is 15.9 Å². The zero-order chi connectivity index (χ0) is 13.9. The molecular formula is C16H20BrN3. The van der Waals surface area contributed by atoms with Gasteiger partial charge in [-0.05, 0) is 50.1 Å². The Bertz CT molecular complexity index is 570. The molecule has 1 aromatic heterocycles. The van der Waals surface area contributed by atoms with Crippen LogP contribution in [0.15, 0.2) is 34.9 Å². The van der Waals surface area contributed by atoms with Gasteiger partial charge in [0, 0.05) is 22.5 Å². The summed E-state index contributed by atoms with van der Waals surface area (Å²) in [5.41, 5.74) is 3.90. The SMILES string of the molecule is CCCNCc1cnn(-c2ccc(Br)cc2)c1C1CC1. The number of hydrogen-bond acceptors (Lipinski definition) is 2. The predicted octanol–water partition coefficient (Wildman–Crippen LogP) is 4.01. The van der Waals surface area contributed by atoms with Crippen LogP contribution in [-0.2, 0) is 6.54 Å². The summed E-state index contributed by atoms with van der Waals surface area (Å²) in [4.78, 5) is 0. The number of rotatable bonds is 6. The van der Waals surface area contributed by atoms with E-state index in [1.807, 2.05) is 6.20 Å². The summed E-state index contributed by atoms with van der Waals surface area (Å²) in [6.45, 7) is 4.18. The van der Waals surface area contributed by atoms with Crippen LogP contribution in [0.5, 0.6) is 0 Å². The lowest BCUT2D eigenvalue weighted by atomic mass is 10.1. The van der Waals surface area contributed by atoms with Crippen molar-refractivity contribution in [1.82, 2.24) is 15.1 Å². The minimum Gasteiger partial charge on any atom is -0.313 e. The molecule has 20 heavy (non-hydrogen) atoms. The number of halogens is 1. The molecule has 1 saturated carbocycles. The Hall–Kier alpha value is -1.13. The smallest absolute Gasteiger partial charge is 0.0649 e. The molecule has 0 amide bonds. The maximum absolute atomic E-state index is 4.62. The molecule has 0 unspecified atom stereocenters. The Kier molecular flexibility index (Phi) is 4.22. The molecule has 106 valence electrons. The lowest BCUT2D eigenvalue weighted by Crippen LogP contribution is -2.15. The van der Waals surface area contributed by atoms with E-state index in [0.29, 0.717) is 5.92 Å². The highest BCUT2D eigenvalue weighted by atomic mass is 79.9. The number of nitrogens with one attached hydrogen (secondary N) is 1. The van der Waals surface area contributed by atoms with Crippen LogP contribution in [0.4, 0.5) is 0 Å². The minimum absolute atomic E-state index is 0.694. The second-order valence-corrected chi connectivity index (χ2v) is 6.31. The summed E-state index contributed by atoms with van der Waals surface area (Å²) in [6.07, 6.45) is 5.78. The third-order valence-corrected chi connectivity index (χ3v) is 4.19. The van der Waals surface area contributed by atoms with Gasteiger partial charge in [0.15, 0.2) is 0 Å². The molecule has 0 spiro atoms. The maximum Gasteiger partial charge on any atom is 0.0649 e. The van der Waals surface area contributed by atoms with Gasteiger partial charge in [0.1, 0.15) is 0 Å². The van der Waals surface area contributed by atoms with E-state index in [0.717, 1.165) is 23.2 Å². The molecule has 0 radical (unpaired) electrons. The molecule has 4 heteroatoms. The van der Waals surface area contributed by atoms with Gasteiger partial charge in [-0.2, -0.15) is 5.10 Å². The molecule has 3 rings (SSSR count). The molecular weight excluding hydrogens is 314 g/mol. The molecule has 0 saturated heterocycles. The van der Waals surface area contributed by atoms with Crippen molar-refractivity contribution in [1.29, 1.82) is 0 Å². The fourth-order valence-electron chi connectivity index (χ4n) is 2.51. The van der Waals surface area contributed by atoms with Crippen LogP contribution in [0.2, 0.25) is 0 Å². The van der Waals surface area contributed by atoms with Gasteiger partial charge >= 0.3 is 0 Å². The van der Waals surface area contributed by atoms with Crippen LogP contribution in [0.1, 0.15) is 43.4 Å². The number of hydrogen-bond donors (Lipinski definition) is 1. The predicted molar refractivity (Wildman–Crippen MR) is 85.2 cm³/mol. The van der Waals surface area contributed by atoms with E-state index in [9.17, 15) is 0 Å². The highest BCUT2D eigenvalue weighted by Gasteiger charge is 2.30. The average molecular weight is 334 g/mol. The topological polar surface area (TPSA) is 29.9 Å². The first kappa shape index (κ1) is 13.8. The highest BCUT2D eigenvalue weighted by Crippen LogP contribution is 2.42. The van der Waals surface area contributed by atoms with Crippen LogP contribution in [0, 0.1) is 0 Å². The zero-order valence-electron chi connectivity index (χ0n) is 11.8. The molecule has 3 nitrogen and oxygen atoms in total. The second-order valence-electron chi connectivity index (χ2n) is 5.39. The molecule has 1 N–H and O–H groups in total. The Balaban J connectivity index is 1.88. The van der Waals surface area contributed by atoms with E-state index in [2.05, 4.69) is 62.2 Å². The molecule has 0 bridgehead atoms. The monoisotopic (exact) mass is 333 g/mol. The molecule has 1 aromatic carbocycles. The Morgan fingerprint density at radius 3 is 2.70 bits per heavy atom. The van der Waals surface area contributed by atoms with Crippen molar-refractivity contribution < 1.29 is 0 Å². The summed E-state index contributed by atoms with van der Waals surface area (Å²) in [5.74, 6) is 0.694. The van der Waals surface area contributed by atoms with Gasteiger partial charge in [-0.15, -0.1) is 0 Å². The van der Waals surface area contributed by atoms with Crippen molar-refractivity contribution in [2.75, 3.05) is 6.54 Å². The maximum atomic E-state index is 4.62. The minimum atomic E-state index is 0.694. The summed E-state index contributed by atoms with van der Waals surface area (Å²) in [6, 6.07) is 8.38. The van der Waals surface area contributed by atoms with E-state index in [1.165, 1.54) is 30.5 Å². The molecule has 1 aliphatic rings. The summed E-state index contributed by atoms with van der Waals surface area (Å²) in [7, 11) is 0. The molecule has 2 aromatic rings. The van der Waals surface area contributed by atoms with Gasteiger partial charge in [0.05, 0.1) is 17.6 Å². The summed E-state index contributed by atoms with van der Waals surface area (Å²) >= 11 is 3.49. The summed E-state index contributed by atoms with van der Waals surface area (Å²) in [5, 5.41) is 8.10. The molecule has 1 fully saturated rings. The lowest BCUT2D eigenvalue weighted by molar-refractivity contribution is 0.669. The molecule has 1 heterocycles. The van der Waals surface area contributed by atoms with Gasteiger partial charge in [-0.3, -0.25) is 0 Å². The Morgan fingerprint density at radius 2 is 2.05 bits per heavy atom. The van der Waals surface area contributed by atoms with Gasteiger partial charge in [0.2, 0.25) is 0 Å². The number of benzene rings is 1. The van der Waals surface area contributed by atoms with E-state index in [-0.39, 0.29) is 0 Å². The first-order chi connectivity index (χ1) is 9.79. The molecule has 1 aliphatic carbocycles. The Labute approximate surface area is 128 Å². The van der Waals surface area contributed by atoms with Gasteiger partial charge in [-0.25, -0.2) is 4.68 Å². The fraction of sp³-hybridized carbons (Fsp3) is 0.438. The first-order valence-electron chi connectivity index (χ1n) is 7.33. The van der Waals surface area contributed by atoms with Crippen LogP contribution < -0.4 is 5.32 Å². The second kappa shape index (κ2) is 6.10. The van der Waals surface area contributed by atoms with E-state index in [1.54, 1.807) is 0 Å².